The van der Waals surface area contributed by atoms with E-state index in [0.29, 0.717) is 19.7 Å². The molecule has 4 nitrogen and oxygen atoms in total. The van der Waals surface area contributed by atoms with E-state index in [-0.39, 0.29) is 0 Å². The van der Waals surface area contributed by atoms with Gasteiger partial charge >= 0.3 is 0 Å². The van der Waals surface area contributed by atoms with Crippen molar-refractivity contribution in [3.8, 4) is 0 Å². The molecule has 4 heteroatoms. The first-order valence-corrected chi connectivity index (χ1v) is 6.21. The predicted molar refractivity (Wildman–Crippen MR) is 65.5 cm³/mol. The number of aliphatic hydroxyl groups excluding tert-OH is 1. The zero-order valence-corrected chi connectivity index (χ0v) is 10.0. The molecule has 1 aromatic rings. The maximum absolute atomic E-state index is 9.65. The second kappa shape index (κ2) is 6.69. The lowest BCUT2D eigenvalue weighted by Crippen LogP contribution is -2.30. The first-order valence-electron chi connectivity index (χ1n) is 6.21. The van der Waals surface area contributed by atoms with Crippen molar-refractivity contribution >= 4 is 0 Å². The number of nitrogens with zero attached hydrogens (tertiary/aromatic N) is 1. The number of aromatic nitrogens is 1. The van der Waals surface area contributed by atoms with E-state index in [1.54, 1.807) is 6.20 Å². The second-order valence-corrected chi connectivity index (χ2v) is 4.59. The molecule has 1 aliphatic rings. The molecule has 94 valence electrons. The Hall–Kier alpha value is -0.970. The van der Waals surface area contributed by atoms with Crippen molar-refractivity contribution < 1.29 is 9.84 Å². The Morgan fingerprint density at radius 1 is 1.47 bits per heavy atom. The van der Waals surface area contributed by atoms with Crippen LogP contribution in [0, 0.1) is 5.92 Å². The number of nitrogens with one attached hydrogen (secondary N) is 1. The van der Waals surface area contributed by atoms with E-state index in [9.17, 15) is 5.11 Å². The van der Waals surface area contributed by atoms with E-state index in [1.807, 2.05) is 18.2 Å². The van der Waals surface area contributed by atoms with Gasteiger partial charge in [0.1, 0.15) is 0 Å². The van der Waals surface area contributed by atoms with Gasteiger partial charge in [-0.3, -0.25) is 4.98 Å². The van der Waals surface area contributed by atoms with Crippen molar-refractivity contribution in [3.63, 3.8) is 0 Å². The Bertz CT molecular complexity index is 314. The van der Waals surface area contributed by atoms with Gasteiger partial charge in [0, 0.05) is 25.9 Å². The van der Waals surface area contributed by atoms with Crippen molar-refractivity contribution in [2.75, 3.05) is 19.8 Å². The van der Waals surface area contributed by atoms with Crippen molar-refractivity contribution in [2.45, 2.75) is 25.5 Å². The Balaban J connectivity index is 1.51. The van der Waals surface area contributed by atoms with E-state index in [4.69, 9.17) is 4.74 Å². The molecule has 1 fully saturated rings. The van der Waals surface area contributed by atoms with Crippen LogP contribution < -0.4 is 5.32 Å². The van der Waals surface area contributed by atoms with Gasteiger partial charge in [-0.25, -0.2) is 0 Å². The van der Waals surface area contributed by atoms with Crippen LogP contribution in [0.2, 0.25) is 0 Å². The summed E-state index contributed by atoms with van der Waals surface area (Å²) in [6.07, 6.45) is 3.91. The molecule has 1 aliphatic carbocycles. The van der Waals surface area contributed by atoms with E-state index >= 15 is 0 Å². The quantitative estimate of drug-likeness (QED) is 0.706. The van der Waals surface area contributed by atoms with Crippen molar-refractivity contribution in [1.29, 1.82) is 0 Å². The maximum atomic E-state index is 9.65. The molecule has 1 saturated carbocycles. The van der Waals surface area contributed by atoms with Crippen LogP contribution in [0.3, 0.4) is 0 Å². The van der Waals surface area contributed by atoms with Crippen LogP contribution in [0.25, 0.3) is 0 Å². The maximum Gasteiger partial charge on any atom is 0.0897 e. The molecule has 2 N–H and O–H groups in total. The Labute approximate surface area is 102 Å². The van der Waals surface area contributed by atoms with Gasteiger partial charge in [-0.15, -0.1) is 0 Å². The Kier molecular flexibility index (Phi) is 4.91. The summed E-state index contributed by atoms with van der Waals surface area (Å²) in [6, 6.07) is 5.81. The fourth-order valence-corrected chi connectivity index (χ4v) is 1.58. The number of rotatable bonds is 8. The lowest BCUT2D eigenvalue weighted by molar-refractivity contribution is 0.0324. The van der Waals surface area contributed by atoms with Gasteiger partial charge in [-0.2, -0.15) is 0 Å². The molecule has 0 aromatic carbocycles. The molecular weight excluding hydrogens is 216 g/mol. The van der Waals surface area contributed by atoms with Crippen molar-refractivity contribution in [2.24, 2.45) is 5.92 Å². The Morgan fingerprint density at radius 3 is 3.06 bits per heavy atom. The monoisotopic (exact) mass is 236 g/mol. The predicted octanol–water partition coefficient (Wildman–Crippen LogP) is 0.959. The first-order chi connectivity index (χ1) is 8.34. The van der Waals surface area contributed by atoms with Crippen LogP contribution in [0.4, 0.5) is 0 Å². The zero-order chi connectivity index (χ0) is 11.9. The third-order valence-electron chi connectivity index (χ3n) is 2.77. The highest BCUT2D eigenvalue weighted by Crippen LogP contribution is 2.28. The summed E-state index contributed by atoms with van der Waals surface area (Å²) in [4.78, 5) is 4.19. The summed E-state index contributed by atoms with van der Waals surface area (Å²) in [5.74, 6) is 0.753. The molecule has 0 radical (unpaired) electrons. The number of ether oxygens (including phenoxy) is 1. The average molecular weight is 236 g/mol. The minimum atomic E-state index is -0.433. The summed E-state index contributed by atoms with van der Waals surface area (Å²) >= 11 is 0. The van der Waals surface area contributed by atoms with E-state index < -0.39 is 6.10 Å². The van der Waals surface area contributed by atoms with Crippen LogP contribution >= 0.6 is 0 Å². The van der Waals surface area contributed by atoms with Crippen LogP contribution in [-0.2, 0) is 11.3 Å². The summed E-state index contributed by atoms with van der Waals surface area (Å²) in [5.41, 5.74) is 0.985. The zero-order valence-electron chi connectivity index (χ0n) is 10.0. The fourth-order valence-electron chi connectivity index (χ4n) is 1.58. The van der Waals surface area contributed by atoms with Gasteiger partial charge in [-0.1, -0.05) is 6.07 Å². The van der Waals surface area contributed by atoms with Crippen LogP contribution in [-0.4, -0.2) is 36.0 Å². The number of pyridine rings is 1. The highest BCUT2D eigenvalue weighted by molar-refractivity contribution is 5.02. The van der Waals surface area contributed by atoms with Gasteiger partial charge in [0.05, 0.1) is 18.4 Å². The van der Waals surface area contributed by atoms with E-state index in [2.05, 4.69) is 10.3 Å². The SMILES string of the molecule is OC(CNCc1ccccn1)COCC1CC1. The van der Waals surface area contributed by atoms with E-state index in [0.717, 1.165) is 18.2 Å². The van der Waals surface area contributed by atoms with Crippen molar-refractivity contribution in [3.05, 3.63) is 30.1 Å². The average Bonchev–Trinajstić information content (AvgIpc) is 3.14. The first kappa shape index (κ1) is 12.5. The molecular formula is C13H20N2O2. The number of hydrogen-bond donors (Lipinski definition) is 2. The molecule has 0 bridgehead atoms. The third kappa shape index (κ3) is 5.26. The summed E-state index contributed by atoms with van der Waals surface area (Å²) in [5, 5.41) is 12.8. The van der Waals surface area contributed by atoms with Gasteiger partial charge < -0.3 is 15.2 Å². The molecule has 1 heterocycles. The minimum absolute atomic E-state index is 0.422. The number of hydrogen-bond acceptors (Lipinski definition) is 4. The van der Waals surface area contributed by atoms with Crippen LogP contribution in [0.5, 0.6) is 0 Å². The molecule has 0 spiro atoms. The van der Waals surface area contributed by atoms with Crippen LogP contribution in [0.15, 0.2) is 24.4 Å². The largest absolute Gasteiger partial charge is 0.389 e. The molecule has 0 saturated heterocycles. The normalized spacial score (nSPS) is 17.0. The highest BCUT2D eigenvalue weighted by atomic mass is 16.5. The fraction of sp³-hybridized carbons (Fsp3) is 0.615. The van der Waals surface area contributed by atoms with Crippen molar-refractivity contribution in [1.82, 2.24) is 10.3 Å². The lowest BCUT2D eigenvalue weighted by atomic mass is 10.3. The summed E-state index contributed by atoms with van der Waals surface area (Å²) in [6.45, 7) is 2.45. The molecule has 0 aliphatic heterocycles. The molecule has 1 atom stereocenters. The Morgan fingerprint density at radius 2 is 2.35 bits per heavy atom. The summed E-state index contributed by atoms with van der Waals surface area (Å²) < 4.78 is 5.42. The smallest absolute Gasteiger partial charge is 0.0897 e. The number of aliphatic hydroxyl groups is 1. The van der Waals surface area contributed by atoms with Gasteiger partial charge in [0.2, 0.25) is 0 Å². The topological polar surface area (TPSA) is 54.4 Å². The molecule has 1 aromatic heterocycles. The lowest BCUT2D eigenvalue weighted by Gasteiger charge is -2.11. The second-order valence-electron chi connectivity index (χ2n) is 4.59. The van der Waals surface area contributed by atoms with E-state index in [1.165, 1.54) is 12.8 Å². The molecule has 1 unspecified atom stereocenters. The van der Waals surface area contributed by atoms with Gasteiger partial charge in [0.15, 0.2) is 0 Å². The van der Waals surface area contributed by atoms with Crippen LogP contribution in [0.1, 0.15) is 18.5 Å². The molecule has 17 heavy (non-hydrogen) atoms. The molecule has 2 rings (SSSR count). The third-order valence-corrected chi connectivity index (χ3v) is 2.77. The van der Waals surface area contributed by atoms with Gasteiger partial charge in [-0.05, 0) is 30.9 Å². The standard InChI is InChI=1S/C13H20N2O2/c16-13(10-17-9-11-4-5-11)8-14-7-12-3-1-2-6-15-12/h1-3,6,11,13-14,16H,4-5,7-10H2. The molecule has 0 amide bonds. The minimum Gasteiger partial charge on any atom is -0.389 e. The highest BCUT2D eigenvalue weighted by Gasteiger charge is 2.21. The van der Waals surface area contributed by atoms with Gasteiger partial charge in [0.25, 0.3) is 0 Å². The summed E-state index contributed by atoms with van der Waals surface area (Å²) in [7, 11) is 0.